The molecule has 2 aromatic rings. The van der Waals surface area contributed by atoms with Gasteiger partial charge in [0.15, 0.2) is 0 Å². The minimum atomic E-state index is -0.895. The number of H-pyrrole nitrogens is 1. The third-order valence-corrected chi connectivity index (χ3v) is 3.40. The van der Waals surface area contributed by atoms with Crippen molar-refractivity contribution in [2.24, 2.45) is 5.92 Å². The summed E-state index contributed by atoms with van der Waals surface area (Å²) in [6.45, 7) is 4.80. The zero-order chi connectivity index (χ0) is 16.1. The summed E-state index contributed by atoms with van der Waals surface area (Å²) < 4.78 is 0. The van der Waals surface area contributed by atoms with Crippen LogP contribution in [0.25, 0.3) is 10.9 Å². The van der Waals surface area contributed by atoms with Crippen molar-refractivity contribution in [2.75, 3.05) is 13.1 Å². The van der Waals surface area contributed by atoms with Gasteiger partial charge in [0.2, 0.25) is 5.91 Å². The maximum absolute atomic E-state index is 12.5. The Bertz CT molecular complexity index is 663. The third-order valence-electron chi connectivity index (χ3n) is 3.40. The van der Waals surface area contributed by atoms with Gasteiger partial charge in [-0.3, -0.25) is 14.7 Å². The molecule has 0 bridgehead atoms. The van der Waals surface area contributed by atoms with Gasteiger partial charge in [-0.15, -0.1) is 0 Å². The maximum Gasteiger partial charge on any atom is 0.305 e. The van der Waals surface area contributed by atoms with Crippen molar-refractivity contribution < 1.29 is 14.7 Å². The molecule has 0 saturated heterocycles. The number of aromatic nitrogens is 2. The predicted molar refractivity (Wildman–Crippen MR) is 83.5 cm³/mol. The Labute approximate surface area is 129 Å². The molecule has 1 aromatic heterocycles. The molecule has 2 rings (SSSR count). The van der Waals surface area contributed by atoms with Crippen molar-refractivity contribution in [1.82, 2.24) is 15.1 Å². The molecule has 1 amide bonds. The maximum atomic E-state index is 12.5. The van der Waals surface area contributed by atoms with Crippen LogP contribution in [0.2, 0.25) is 0 Å². The van der Waals surface area contributed by atoms with E-state index in [0.29, 0.717) is 6.54 Å². The smallest absolute Gasteiger partial charge is 0.305 e. The highest BCUT2D eigenvalue weighted by Gasteiger charge is 2.18. The van der Waals surface area contributed by atoms with Gasteiger partial charge in [-0.05, 0) is 12.0 Å². The van der Waals surface area contributed by atoms with Crippen molar-refractivity contribution in [3.05, 3.63) is 30.0 Å². The van der Waals surface area contributed by atoms with Crippen LogP contribution in [0.5, 0.6) is 0 Å². The van der Waals surface area contributed by atoms with Gasteiger partial charge in [0, 0.05) is 18.5 Å². The highest BCUT2D eigenvalue weighted by molar-refractivity contribution is 5.87. The normalized spacial score (nSPS) is 11.0. The Morgan fingerprint density at radius 3 is 2.73 bits per heavy atom. The number of rotatable bonds is 7. The van der Waals surface area contributed by atoms with Crippen LogP contribution in [0.1, 0.15) is 26.0 Å². The number of hydrogen-bond donors (Lipinski definition) is 2. The SMILES string of the molecule is CC(C)CN(CCC(=O)O)C(=O)Cc1[nH]nc2ccccc12. The van der Waals surface area contributed by atoms with Crippen LogP contribution in [-0.2, 0) is 16.0 Å². The molecule has 0 spiro atoms. The number of carboxylic acids is 1. The molecule has 0 fully saturated rings. The quantitative estimate of drug-likeness (QED) is 0.819. The van der Waals surface area contributed by atoms with E-state index in [-0.39, 0.29) is 31.2 Å². The molecule has 0 aliphatic rings. The van der Waals surface area contributed by atoms with Gasteiger partial charge < -0.3 is 10.0 Å². The molecule has 0 saturated carbocycles. The van der Waals surface area contributed by atoms with E-state index in [1.54, 1.807) is 4.90 Å². The fourth-order valence-corrected chi connectivity index (χ4v) is 2.40. The number of nitrogens with one attached hydrogen (secondary N) is 1. The average Bonchev–Trinajstić information content (AvgIpc) is 2.86. The molecule has 1 heterocycles. The monoisotopic (exact) mass is 303 g/mol. The number of carboxylic acid groups (broad SMARTS) is 1. The van der Waals surface area contributed by atoms with Gasteiger partial charge in [0.05, 0.1) is 24.1 Å². The van der Waals surface area contributed by atoms with Gasteiger partial charge in [-0.25, -0.2) is 0 Å². The number of carbonyl (C=O) groups is 2. The average molecular weight is 303 g/mol. The number of aliphatic carboxylic acids is 1. The molecule has 6 heteroatoms. The van der Waals surface area contributed by atoms with E-state index in [1.807, 2.05) is 38.1 Å². The van der Waals surface area contributed by atoms with Crippen LogP contribution < -0.4 is 0 Å². The molecule has 22 heavy (non-hydrogen) atoms. The lowest BCUT2D eigenvalue weighted by atomic mass is 10.1. The molecule has 2 N–H and O–H groups in total. The standard InChI is InChI=1S/C16H21N3O3/c1-11(2)10-19(8-7-16(21)22)15(20)9-14-12-5-3-4-6-13(12)17-18-14/h3-6,11H,7-10H2,1-2H3,(H,17,18)(H,21,22). The summed E-state index contributed by atoms with van der Waals surface area (Å²) in [4.78, 5) is 24.9. The van der Waals surface area contributed by atoms with E-state index in [1.165, 1.54) is 0 Å². The van der Waals surface area contributed by atoms with Crippen molar-refractivity contribution in [2.45, 2.75) is 26.7 Å². The number of fused-ring (bicyclic) bond motifs is 1. The Morgan fingerprint density at radius 2 is 2.05 bits per heavy atom. The highest BCUT2D eigenvalue weighted by atomic mass is 16.4. The van der Waals surface area contributed by atoms with Crippen molar-refractivity contribution in [1.29, 1.82) is 0 Å². The van der Waals surface area contributed by atoms with E-state index in [4.69, 9.17) is 5.11 Å². The topological polar surface area (TPSA) is 86.3 Å². The molecule has 0 aliphatic heterocycles. The predicted octanol–water partition coefficient (Wildman–Crippen LogP) is 2.06. The van der Waals surface area contributed by atoms with Crippen LogP contribution in [-0.4, -0.2) is 45.2 Å². The summed E-state index contributed by atoms with van der Waals surface area (Å²) in [6, 6.07) is 7.61. The number of amides is 1. The summed E-state index contributed by atoms with van der Waals surface area (Å²) in [5.74, 6) is -0.686. The first-order valence-electron chi connectivity index (χ1n) is 7.39. The number of para-hydroxylation sites is 1. The lowest BCUT2D eigenvalue weighted by Crippen LogP contribution is -2.37. The van der Waals surface area contributed by atoms with Crippen LogP contribution in [0.3, 0.4) is 0 Å². The second-order valence-corrected chi connectivity index (χ2v) is 5.77. The molecular formula is C16H21N3O3. The highest BCUT2D eigenvalue weighted by Crippen LogP contribution is 2.16. The van der Waals surface area contributed by atoms with Crippen LogP contribution in [0.15, 0.2) is 24.3 Å². The van der Waals surface area contributed by atoms with Crippen molar-refractivity contribution >= 4 is 22.8 Å². The second-order valence-electron chi connectivity index (χ2n) is 5.77. The van der Waals surface area contributed by atoms with E-state index in [9.17, 15) is 9.59 Å². The summed E-state index contributed by atoms with van der Waals surface area (Å²) in [5.41, 5.74) is 1.59. The fraction of sp³-hybridized carbons (Fsp3) is 0.438. The second kappa shape index (κ2) is 7.06. The molecule has 0 unspecified atom stereocenters. The van der Waals surface area contributed by atoms with E-state index in [0.717, 1.165) is 16.6 Å². The zero-order valence-corrected chi connectivity index (χ0v) is 12.9. The van der Waals surface area contributed by atoms with Crippen molar-refractivity contribution in [3.8, 4) is 0 Å². The molecule has 0 radical (unpaired) electrons. The molecule has 6 nitrogen and oxygen atoms in total. The molecule has 118 valence electrons. The Kier molecular flexibility index (Phi) is 5.14. The molecule has 0 atom stereocenters. The van der Waals surface area contributed by atoms with Gasteiger partial charge >= 0.3 is 5.97 Å². The van der Waals surface area contributed by atoms with Gasteiger partial charge in [-0.1, -0.05) is 32.0 Å². The Hall–Kier alpha value is -2.37. The summed E-state index contributed by atoms with van der Waals surface area (Å²) in [7, 11) is 0. The van der Waals surface area contributed by atoms with Gasteiger partial charge in [0.25, 0.3) is 0 Å². The summed E-state index contributed by atoms with van der Waals surface area (Å²) >= 11 is 0. The number of nitrogens with zero attached hydrogens (tertiary/aromatic N) is 2. The van der Waals surface area contributed by atoms with Crippen LogP contribution in [0, 0.1) is 5.92 Å². The molecule has 1 aromatic carbocycles. The zero-order valence-electron chi connectivity index (χ0n) is 12.9. The minimum Gasteiger partial charge on any atom is -0.481 e. The van der Waals surface area contributed by atoms with Crippen molar-refractivity contribution in [3.63, 3.8) is 0 Å². The lowest BCUT2D eigenvalue weighted by Gasteiger charge is -2.23. The first kappa shape index (κ1) is 16.0. The molecular weight excluding hydrogens is 282 g/mol. The Morgan fingerprint density at radius 1 is 1.32 bits per heavy atom. The first-order valence-corrected chi connectivity index (χ1v) is 7.39. The number of hydrogen-bond acceptors (Lipinski definition) is 3. The third kappa shape index (κ3) is 4.07. The number of carbonyl (C=O) groups excluding carboxylic acids is 1. The largest absolute Gasteiger partial charge is 0.481 e. The van der Waals surface area contributed by atoms with Gasteiger partial charge in [0.1, 0.15) is 0 Å². The molecule has 0 aliphatic carbocycles. The van der Waals surface area contributed by atoms with Crippen LogP contribution >= 0.6 is 0 Å². The summed E-state index contributed by atoms with van der Waals surface area (Å²) in [6.07, 6.45) is 0.162. The van der Waals surface area contributed by atoms with E-state index < -0.39 is 5.97 Å². The number of aromatic amines is 1. The minimum absolute atomic E-state index is 0.0395. The number of benzene rings is 1. The first-order chi connectivity index (χ1) is 10.5. The van der Waals surface area contributed by atoms with Gasteiger partial charge in [-0.2, -0.15) is 5.10 Å². The van der Waals surface area contributed by atoms with E-state index in [2.05, 4.69) is 10.2 Å². The summed E-state index contributed by atoms with van der Waals surface area (Å²) in [5, 5.41) is 16.8. The lowest BCUT2D eigenvalue weighted by molar-refractivity contribution is -0.138. The Balaban J connectivity index is 2.10. The van der Waals surface area contributed by atoms with E-state index >= 15 is 0 Å². The van der Waals surface area contributed by atoms with Crippen LogP contribution in [0.4, 0.5) is 0 Å². The fourth-order valence-electron chi connectivity index (χ4n) is 2.40.